The molecule has 6 nitrogen and oxygen atoms in total. The van der Waals surface area contributed by atoms with Crippen LogP contribution in [-0.4, -0.2) is 26.8 Å². The van der Waals surface area contributed by atoms with Gasteiger partial charge in [0.15, 0.2) is 5.82 Å². The van der Waals surface area contributed by atoms with E-state index in [2.05, 4.69) is 20.4 Å². The number of benzene rings is 1. The molecule has 2 aromatic heterocycles. The van der Waals surface area contributed by atoms with E-state index >= 15 is 0 Å². The number of amides is 1. The average molecular weight is 372 g/mol. The number of carbonyl (C=O) groups is 1. The van der Waals surface area contributed by atoms with Crippen LogP contribution < -0.4 is 5.32 Å². The summed E-state index contributed by atoms with van der Waals surface area (Å²) >= 11 is 1.33. The Bertz CT molecular complexity index is 881. The second-order valence-corrected chi connectivity index (χ2v) is 6.66. The fraction of sp³-hybridized carbons (Fsp3) is 0.222. The number of rotatable bonds is 6. The first kappa shape index (κ1) is 18.1. The van der Waals surface area contributed by atoms with Gasteiger partial charge in [-0.1, -0.05) is 29.1 Å². The molecular weight excluding hydrogens is 355 g/mol. The summed E-state index contributed by atoms with van der Waals surface area (Å²) in [4.78, 5) is 20.5. The van der Waals surface area contributed by atoms with Crippen molar-refractivity contribution < 1.29 is 13.7 Å². The van der Waals surface area contributed by atoms with Gasteiger partial charge in [-0.25, -0.2) is 9.37 Å². The third-order valence-electron chi connectivity index (χ3n) is 3.61. The number of hydrogen-bond donors (Lipinski definition) is 1. The lowest BCUT2D eigenvalue weighted by molar-refractivity contribution is -0.119. The highest BCUT2D eigenvalue weighted by molar-refractivity contribution is 7.99. The van der Waals surface area contributed by atoms with Gasteiger partial charge in [-0.2, -0.15) is 4.98 Å². The van der Waals surface area contributed by atoms with Gasteiger partial charge >= 0.3 is 0 Å². The quantitative estimate of drug-likeness (QED) is 0.667. The molecule has 2 heterocycles. The van der Waals surface area contributed by atoms with Crippen molar-refractivity contribution in [3.8, 4) is 11.5 Å². The summed E-state index contributed by atoms with van der Waals surface area (Å²) in [5, 5.41) is 7.34. The van der Waals surface area contributed by atoms with E-state index in [0.717, 1.165) is 16.2 Å². The van der Waals surface area contributed by atoms with Gasteiger partial charge in [-0.3, -0.25) is 4.79 Å². The van der Waals surface area contributed by atoms with Crippen molar-refractivity contribution in [1.29, 1.82) is 0 Å². The lowest BCUT2D eigenvalue weighted by Gasteiger charge is -2.14. The zero-order valence-electron chi connectivity index (χ0n) is 14.3. The van der Waals surface area contributed by atoms with Crippen LogP contribution in [0.5, 0.6) is 0 Å². The van der Waals surface area contributed by atoms with Crippen LogP contribution in [0.3, 0.4) is 0 Å². The first-order valence-corrected chi connectivity index (χ1v) is 8.94. The largest absolute Gasteiger partial charge is 0.349 e. The van der Waals surface area contributed by atoms with Crippen LogP contribution in [0.15, 0.2) is 52.1 Å². The summed E-state index contributed by atoms with van der Waals surface area (Å²) in [7, 11) is 0. The number of nitrogens with one attached hydrogen (secondary N) is 1. The van der Waals surface area contributed by atoms with Crippen molar-refractivity contribution in [3.05, 3.63) is 59.8 Å². The van der Waals surface area contributed by atoms with Crippen LogP contribution in [0.25, 0.3) is 11.5 Å². The van der Waals surface area contributed by atoms with Gasteiger partial charge in [-0.15, -0.1) is 0 Å². The molecule has 26 heavy (non-hydrogen) atoms. The fourth-order valence-electron chi connectivity index (χ4n) is 2.26. The normalized spacial score (nSPS) is 12.0. The molecule has 0 fully saturated rings. The van der Waals surface area contributed by atoms with Crippen LogP contribution in [-0.2, 0) is 4.79 Å². The summed E-state index contributed by atoms with van der Waals surface area (Å²) in [6.45, 7) is 3.60. The number of nitrogens with zero attached hydrogens (tertiary/aromatic N) is 3. The summed E-state index contributed by atoms with van der Waals surface area (Å²) in [6, 6.07) is 9.50. The summed E-state index contributed by atoms with van der Waals surface area (Å²) in [5.41, 5.74) is 1.58. The molecule has 8 heteroatoms. The maximum absolute atomic E-state index is 12.9. The average Bonchev–Trinajstić information content (AvgIpc) is 3.07. The third kappa shape index (κ3) is 4.66. The number of hydrogen-bond acceptors (Lipinski definition) is 6. The highest BCUT2D eigenvalue weighted by atomic mass is 32.2. The molecule has 0 aliphatic carbocycles. The molecule has 1 aromatic carbocycles. The van der Waals surface area contributed by atoms with E-state index in [0.29, 0.717) is 11.7 Å². The highest BCUT2D eigenvalue weighted by Crippen LogP contribution is 2.21. The summed E-state index contributed by atoms with van der Waals surface area (Å²) < 4.78 is 18.0. The van der Waals surface area contributed by atoms with Gasteiger partial charge in [0.05, 0.1) is 22.4 Å². The van der Waals surface area contributed by atoms with Crippen LogP contribution in [0.1, 0.15) is 24.4 Å². The van der Waals surface area contributed by atoms with Crippen molar-refractivity contribution in [1.82, 2.24) is 20.4 Å². The Kier molecular flexibility index (Phi) is 5.62. The van der Waals surface area contributed by atoms with Gasteiger partial charge in [0.2, 0.25) is 5.91 Å². The maximum Gasteiger partial charge on any atom is 0.259 e. The highest BCUT2D eigenvalue weighted by Gasteiger charge is 2.11. The Hall–Kier alpha value is -2.74. The number of pyridine rings is 1. The second-order valence-electron chi connectivity index (χ2n) is 5.66. The molecular formula is C18H17FN4O2S. The van der Waals surface area contributed by atoms with E-state index in [9.17, 15) is 9.18 Å². The van der Waals surface area contributed by atoms with Gasteiger partial charge < -0.3 is 9.84 Å². The van der Waals surface area contributed by atoms with Gasteiger partial charge in [0.25, 0.3) is 5.89 Å². The minimum atomic E-state index is -0.298. The first-order valence-electron chi connectivity index (χ1n) is 7.95. The molecule has 0 bridgehead atoms. The zero-order chi connectivity index (χ0) is 18.5. The predicted molar refractivity (Wildman–Crippen MR) is 95.9 cm³/mol. The van der Waals surface area contributed by atoms with Crippen molar-refractivity contribution in [2.75, 3.05) is 5.75 Å². The van der Waals surface area contributed by atoms with Crippen molar-refractivity contribution in [2.45, 2.75) is 24.9 Å². The summed E-state index contributed by atoms with van der Waals surface area (Å²) in [5.74, 6) is 0.790. The van der Waals surface area contributed by atoms with Gasteiger partial charge in [0, 0.05) is 6.20 Å². The Labute approximate surface area is 154 Å². The second kappa shape index (κ2) is 8.09. The smallest absolute Gasteiger partial charge is 0.259 e. The SMILES string of the molecule is Cc1noc(-c2ccc(SCC(=O)N[C@@H](C)c3ccc(F)cc3)nc2)n1. The van der Waals surface area contributed by atoms with E-state index in [-0.39, 0.29) is 23.5 Å². The number of carbonyl (C=O) groups excluding carboxylic acids is 1. The molecule has 3 rings (SSSR count). The first-order chi connectivity index (χ1) is 12.5. The Balaban J connectivity index is 1.51. The van der Waals surface area contributed by atoms with Gasteiger partial charge in [0.1, 0.15) is 5.82 Å². The standard InChI is InChI=1S/C18H17FN4O2S/c1-11(13-3-6-15(19)7-4-13)21-16(24)10-26-17-8-5-14(9-20-17)18-22-12(2)23-25-18/h3-9,11H,10H2,1-2H3,(H,21,24)/t11-/m0/s1. The molecule has 0 radical (unpaired) electrons. The number of aryl methyl sites for hydroxylation is 1. The predicted octanol–water partition coefficient (Wildman–Crippen LogP) is 3.55. The van der Waals surface area contributed by atoms with Crippen LogP contribution in [0.2, 0.25) is 0 Å². The Morgan fingerprint density at radius 3 is 2.65 bits per heavy atom. The minimum absolute atomic E-state index is 0.120. The molecule has 134 valence electrons. The minimum Gasteiger partial charge on any atom is -0.349 e. The molecule has 0 spiro atoms. The number of thioether (sulfide) groups is 1. The summed E-state index contributed by atoms with van der Waals surface area (Å²) in [6.07, 6.45) is 1.63. The Morgan fingerprint density at radius 1 is 1.27 bits per heavy atom. The lowest BCUT2D eigenvalue weighted by atomic mass is 10.1. The van der Waals surface area contributed by atoms with E-state index in [1.54, 1.807) is 31.3 Å². The van der Waals surface area contributed by atoms with E-state index in [4.69, 9.17) is 4.52 Å². The monoisotopic (exact) mass is 372 g/mol. The molecule has 1 N–H and O–H groups in total. The molecule has 0 saturated carbocycles. The third-order valence-corrected chi connectivity index (χ3v) is 4.55. The topological polar surface area (TPSA) is 80.9 Å². The van der Waals surface area contributed by atoms with Crippen LogP contribution in [0, 0.1) is 12.7 Å². The van der Waals surface area contributed by atoms with Crippen molar-refractivity contribution in [2.24, 2.45) is 0 Å². The van der Waals surface area contributed by atoms with Gasteiger partial charge in [-0.05, 0) is 43.7 Å². The molecule has 3 aromatic rings. The van der Waals surface area contributed by atoms with E-state index in [1.807, 2.05) is 13.0 Å². The molecule has 0 unspecified atom stereocenters. The fourth-order valence-corrected chi connectivity index (χ4v) is 2.92. The molecule has 1 atom stereocenters. The lowest BCUT2D eigenvalue weighted by Crippen LogP contribution is -2.28. The van der Waals surface area contributed by atoms with E-state index < -0.39 is 0 Å². The molecule has 1 amide bonds. The zero-order valence-corrected chi connectivity index (χ0v) is 15.1. The Morgan fingerprint density at radius 2 is 2.04 bits per heavy atom. The van der Waals surface area contributed by atoms with Crippen LogP contribution >= 0.6 is 11.8 Å². The number of halogens is 1. The maximum atomic E-state index is 12.9. The molecule has 0 aliphatic rings. The molecule has 0 saturated heterocycles. The molecule has 0 aliphatic heterocycles. The van der Waals surface area contributed by atoms with Crippen molar-refractivity contribution in [3.63, 3.8) is 0 Å². The van der Waals surface area contributed by atoms with E-state index in [1.165, 1.54) is 23.9 Å². The van der Waals surface area contributed by atoms with Crippen LogP contribution in [0.4, 0.5) is 4.39 Å². The van der Waals surface area contributed by atoms with Crippen molar-refractivity contribution >= 4 is 17.7 Å². The number of aromatic nitrogens is 3.